The van der Waals surface area contributed by atoms with E-state index in [4.69, 9.17) is 19.3 Å². The molecule has 13 nitrogen and oxygen atoms in total. The number of morpholine rings is 1. The first kappa shape index (κ1) is 32.1. The van der Waals surface area contributed by atoms with E-state index in [0.717, 1.165) is 48.2 Å². The SMILES string of the molecule is C=CS(=O)(=O)Nc1cc(-c2cc(NC(=O)c3csc(CN4C[C@@H](C)O[C@@H](C)C4)n3)c3cn(C4CCCCO4)nc3c2)cnc1OC. The van der Waals surface area contributed by atoms with Crippen LogP contribution in [-0.2, 0) is 26.0 Å². The van der Waals surface area contributed by atoms with Gasteiger partial charge in [-0.05, 0) is 56.9 Å². The van der Waals surface area contributed by atoms with Crippen LogP contribution < -0.4 is 14.8 Å². The zero-order valence-electron chi connectivity index (χ0n) is 25.9. The summed E-state index contributed by atoms with van der Waals surface area (Å²) in [5.74, 6) is -0.249. The number of sulfonamides is 1. The Morgan fingerprint density at radius 3 is 2.67 bits per heavy atom. The lowest BCUT2D eigenvalue weighted by atomic mass is 10.0. The van der Waals surface area contributed by atoms with Crippen LogP contribution in [0.2, 0.25) is 0 Å². The Labute approximate surface area is 271 Å². The number of amides is 1. The van der Waals surface area contributed by atoms with Gasteiger partial charge < -0.3 is 19.5 Å². The third-order valence-electron chi connectivity index (χ3n) is 7.83. The number of anilines is 2. The van der Waals surface area contributed by atoms with Crippen molar-refractivity contribution in [2.24, 2.45) is 0 Å². The fourth-order valence-corrected chi connectivity index (χ4v) is 7.16. The number of methoxy groups -OCH3 is 1. The van der Waals surface area contributed by atoms with Crippen molar-refractivity contribution in [2.75, 3.05) is 36.8 Å². The number of hydrogen-bond acceptors (Lipinski definition) is 11. The lowest BCUT2D eigenvalue weighted by Crippen LogP contribution is -2.44. The Morgan fingerprint density at radius 1 is 1.17 bits per heavy atom. The summed E-state index contributed by atoms with van der Waals surface area (Å²) in [6, 6.07) is 5.29. The molecule has 1 unspecified atom stereocenters. The van der Waals surface area contributed by atoms with Crippen molar-refractivity contribution in [3.63, 3.8) is 0 Å². The minimum absolute atomic E-state index is 0.0998. The monoisotopic (exact) mass is 667 g/mol. The molecule has 46 heavy (non-hydrogen) atoms. The van der Waals surface area contributed by atoms with E-state index in [9.17, 15) is 13.2 Å². The van der Waals surface area contributed by atoms with Crippen LogP contribution in [0.15, 0.2) is 48.0 Å². The number of carbonyl (C=O) groups excluding carboxylic acids is 1. The molecule has 6 rings (SSSR count). The molecule has 4 aromatic rings. The average molecular weight is 668 g/mol. The third kappa shape index (κ3) is 7.23. The van der Waals surface area contributed by atoms with Gasteiger partial charge in [0, 0.05) is 53.8 Å². The van der Waals surface area contributed by atoms with Crippen molar-refractivity contribution < 1.29 is 27.4 Å². The molecule has 2 aliphatic rings. The van der Waals surface area contributed by atoms with E-state index in [1.165, 1.54) is 18.4 Å². The first-order valence-corrected chi connectivity index (χ1v) is 17.5. The Bertz CT molecular complexity index is 1840. The van der Waals surface area contributed by atoms with E-state index in [0.29, 0.717) is 41.2 Å². The lowest BCUT2D eigenvalue weighted by Gasteiger charge is -2.34. The molecule has 1 amide bonds. The number of ether oxygens (including phenoxy) is 3. The quantitative estimate of drug-likeness (QED) is 0.236. The van der Waals surface area contributed by atoms with E-state index in [2.05, 4.69) is 45.3 Å². The van der Waals surface area contributed by atoms with Crippen LogP contribution in [0, 0.1) is 0 Å². The number of carbonyl (C=O) groups is 1. The summed E-state index contributed by atoms with van der Waals surface area (Å²) >= 11 is 1.45. The molecule has 2 aliphatic heterocycles. The van der Waals surface area contributed by atoms with E-state index in [1.54, 1.807) is 22.3 Å². The highest BCUT2D eigenvalue weighted by Crippen LogP contribution is 2.35. The van der Waals surface area contributed by atoms with Gasteiger partial charge in [0.2, 0.25) is 5.88 Å². The topological polar surface area (TPSA) is 150 Å². The second-order valence-electron chi connectivity index (χ2n) is 11.5. The van der Waals surface area contributed by atoms with Crippen molar-refractivity contribution in [3.8, 4) is 17.0 Å². The van der Waals surface area contributed by atoms with E-state index in [-0.39, 0.29) is 35.9 Å². The predicted octanol–water partition coefficient (Wildman–Crippen LogP) is 5.01. The molecule has 0 radical (unpaired) electrons. The molecule has 1 aromatic carbocycles. The zero-order chi connectivity index (χ0) is 32.4. The van der Waals surface area contributed by atoms with Gasteiger partial charge in [0.25, 0.3) is 15.9 Å². The molecule has 0 saturated carbocycles. The average Bonchev–Trinajstić information content (AvgIpc) is 3.68. The number of nitrogens with zero attached hydrogens (tertiary/aromatic N) is 5. The van der Waals surface area contributed by atoms with Crippen LogP contribution >= 0.6 is 11.3 Å². The fourth-order valence-electron chi connectivity index (χ4n) is 5.81. The summed E-state index contributed by atoms with van der Waals surface area (Å²) in [6.45, 7) is 10.4. The van der Waals surface area contributed by atoms with Crippen LogP contribution in [-0.4, -0.2) is 78.0 Å². The number of nitrogens with one attached hydrogen (secondary N) is 2. The maximum absolute atomic E-state index is 13.6. The van der Waals surface area contributed by atoms with E-state index < -0.39 is 10.0 Å². The summed E-state index contributed by atoms with van der Waals surface area (Å²) in [5, 5.41) is 12.0. The molecule has 5 heterocycles. The van der Waals surface area contributed by atoms with Crippen LogP contribution in [0.3, 0.4) is 0 Å². The van der Waals surface area contributed by atoms with Crippen LogP contribution in [0.5, 0.6) is 5.88 Å². The van der Waals surface area contributed by atoms with Crippen LogP contribution in [0.25, 0.3) is 22.0 Å². The van der Waals surface area contributed by atoms with Gasteiger partial charge in [-0.2, -0.15) is 5.10 Å². The first-order chi connectivity index (χ1) is 22.1. The fraction of sp³-hybridized carbons (Fsp3) is 0.419. The molecular formula is C31H37N7O6S2. The molecule has 2 saturated heterocycles. The zero-order valence-corrected chi connectivity index (χ0v) is 27.6. The second-order valence-corrected chi connectivity index (χ2v) is 14.1. The lowest BCUT2D eigenvalue weighted by molar-refractivity contribution is -0.0705. The van der Waals surface area contributed by atoms with Crippen LogP contribution in [0.4, 0.5) is 11.4 Å². The Morgan fingerprint density at radius 2 is 1.96 bits per heavy atom. The van der Waals surface area contributed by atoms with Gasteiger partial charge in [0.15, 0.2) is 0 Å². The number of benzene rings is 1. The van der Waals surface area contributed by atoms with Gasteiger partial charge in [0.05, 0.1) is 37.1 Å². The molecule has 2 N–H and O–H groups in total. The maximum Gasteiger partial charge on any atom is 0.275 e. The molecule has 0 aliphatic carbocycles. The highest BCUT2D eigenvalue weighted by atomic mass is 32.2. The van der Waals surface area contributed by atoms with Gasteiger partial charge in [-0.25, -0.2) is 23.1 Å². The van der Waals surface area contributed by atoms with Gasteiger partial charge in [-0.3, -0.25) is 14.4 Å². The number of hydrogen-bond donors (Lipinski definition) is 2. The van der Waals surface area contributed by atoms with Crippen molar-refractivity contribution in [3.05, 3.63) is 58.7 Å². The van der Waals surface area contributed by atoms with Gasteiger partial charge in [-0.1, -0.05) is 6.58 Å². The Balaban J connectivity index is 1.33. The van der Waals surface area contributed by atoms with Crippen molar-refractivity contribution in [2.45, 2.75) is 58.1 Å². The second kappa shape index (κ2) is 13.5. The maximum atomic E-state index is 13.6. The van der Waals surface area contributed by atoms with E-state index >= 15 is 0 Å². The summed E-state index contributed by atoms with van der Waals surface area (Å²) in [6.07, 6.45) is 6.39. The smallest absolute Gasteiger partial charge is 0.275 e. The number of thiazole rings is 1. The Kier molecular flexibility index (Phi) is 9.38. The first-order valence-electron chi connectivity index (χ1n) is 15.1. The molecule has 15 heteroatoms. The number of pyridine rings is 1. The van der Waals surface area contributed by atoms with E-state index in [1.807, 2.05) is 18.3 Å². The molecule has 0 bridgehead atoms. The van der Waals surface area contributed by atoms with Gasteiger partial charge in [0.1, 0.15) is 22.6 Å². The summed E-state index contributed by atoms with van der Waals surface area (Å²) in [4.78, 5) is 24.8. The summed E-state index contributed by atoms with van der Waals surface area (Å²) in [7, 11) is -2.42. The predicted molar refractivity (Wildman–Crippen MR) is 176 cm³/mol. The summed E-state index contributed by atoms with van der Waals surface area (Å²) < 4.78 is 45.9. The summed E-state index contributed by atoms with van der Waals surface area (Å²) in [5.41, 5.74) is 2.85. The minimum Gasteiger partial charge on any atom is -0.480 e. The van der Waals surface area contributed by atoms with Crippen molar-refractivity contribution in [1.82, 2.24) is 24.6 Å². The number of rotatable bonds is 10. The van der Waals surface area contributed by atoms with Gasteiger partial charge >= 0.3 is 0 Å². The molecule has 244 valence electrons. The molecule has 2 fully saturated rings. The standard InChI is InChI=1S/C31H37N7O6S2/c1-5-46(40,41)36-26-12-22(13-32-31(26)42-4)21-10-24(23-16-38(35-25(23)11-21)29-8-6-7-9-43-29)34-30(39)27-18-45-28(33-27)17-37-14-19(2)44-20(3)15-37/h5,10-13,16,18-20,29,36H,1,6-9,14-15,17H2,2-4H3,(H,34,39)/t19-,20+,29?. The van der Waals surface area contributed by atoms with Crippen LogP contribution in [0.1, 0.15) is 54.8 Å². The molecular weight excluding hydrogens is 631 g/mol. The minimum atomic E-state index is -3.82. The third-order valence-corrected chi connectivity index (χ3v) is 9.61. The molecule has 0 spiro atoms. The molecule has 3 atom stereocenters. The normalized spacial score (nSPS) is 20.8. The number of aromatic nitrogens is 4. The van der Waals surface area contributed by atoms with Crippen molar-refractivity contribution >= 4 is 49.5 Å². The molecule has 3 aromatic heterocycles. The van der Waals surface area contributed by atoms with Crippen molar-refractivity contribution in [1.29, 1.82) is 0 Å². The number of fused-ring (bicyclic) bond motifs is 1. The largest absolute Gasteiger partial charge is 0.480 e. The Hall–Kier alpha value is -3.89. The van der Waals surface area contributed by atoms with Gasteiger partial charge in [-0.15, -0.1) is 11.3 Å². The highest BCUT2D eigenvalue weighted by Gasteiger charge is 2.24. The highest BCUT2D eigenvalue weighted by molar-refractivity contribution is 7.95.